The Bertz CT molecular complexity index is 1280. The molecule has 2 heterocycles. The second kappa shape index (κ2) is 11.2. The summed E-state index contributed by atoms with van der Waals surface area (Å²) in [5, 5.41) is 16.1. The molecule has 40 heavy (non-hydrogen) atoms. The van der Waals surface area contributed by atoms with Crippen LogP contribution in [0.15, 0.2) is 23.7 Å². The maximum absolute atomic E-state index is 14.4. The van der Waals surface area contributed by atoms with E-state index < -0.39 is 41.1 Å². The Labute approximate surface area is 239 Å². The molecule has 1 aliphatic heterocycles. The highest BCUT2D eigenvalue weighted by atomic mass is 32.1. The summed E-state index contributed by atoms with van der Waals surface area (Å²) in [6.07, 6.45) is -0.519. The van der Waals surface area contributed by atoms with Gasteiger partial charge in [0.2, 0.25) is 11.8 Å². The van der Waals surface area contributed by atoms with Crippen LogP contribution in [0.3, 0.4) is 0 Å². The quantitative estimate of drug-likeness (QED) is 0.434. The van der Waals surface area contributed by atoms with Crippen LogP contribution in [0.5, 0.6) is 0 Å². The number of rotatable bonds is 8. The summed E-state index contributed by atoms with van der Waals surface area (Å²) in [7, 11) is 0. The van der Waals surface area contributed by atoms with Crippen molar-refractivity contribution in [2.24, 2.45) is 5.41 Å². The number of amides is 3. The van der Waals surface area contributed by atoms with Crippen LogP contribution in [0.4, 0.5) is 4.39 Å². The van der Waals surface area contributed by atoms with Gasteiger partial charge in [0.15, 0.2) is 5.67 Å². The van der Waals surface area contributed by atoms with E-state index in [1.165, 1.54) is 4.90 Å². The molecule has 0 spiro atoms. The number of likely N-dealkylation sites (tertiary alicyclic amines) is 1. The number of aromatic nitrogens is 1. The first kappa shape index (κ1) is 30.1. The number of aliphatic hydroxyl groups is 1. The van der Waals surface area contributed by atoms with Crippen LogP contribution >= 0.6 is 11.3 Å². The van der Waals surface area contributed by atoms with E-state index in [9.17, 15) is 23.9 Å². The molecular formula is C30H41FN4O4S. The molecule has 4 atom stereocenters. The molecule has 1 aromatic heterocycles. The number of halogens is 1. The van der Waals surface area contributed by atoms with E-state index in [1.54, 1.807) is 32.1 Å². The number of aliphatic hydroxyl groups excluding tert-OH is 1. The van der Waals surface area contributed by atoms with E-state index in [0.29, 0.717) is 0 Å². The molecule has 0 bridgehead atoms. The first-order chi connectivity index (χ1) is 18.6. The average molecular weight is 573 g/mol. The molecule has 3 N–H and O–H groups in total. The van der Waals surface area contributed by atoms with Crippen LogP contribution in [0.2, 0.25) is 0 Å². The van der Waals surface area contributed by atoms with Gasteiger partial charge in [-0.25, -0.2) is 9.37 Å². The van der Waals surface area contributed by atoms with E-state index in [-0.39, 0.29) is 43.7 Å². The first-order valence-electron chi connectivity index (χ1n) is 14.0. The summed E-state index contributed by atoms with van der Waals surface area (Å²) in [5.74, 6) is -1.47. The number of β-amino-alcohol motifs (C(OH)–C–C–N with tert-alkyl or cyclic N) is 1. The fraction of sp³-hybridized carbons (Fsp3) is 0.600. The van der Waals surface area contributed by atoms with Gasteiger partial charge in [-0.2, -0.15) is 0 Å². The molecule has 1 saturated carbocycles. The van der Waals surface area contributed by atoms with Crippen molar-refractivity contribution in [3.8, 4) is 10.4 Å². The molecule has 3 amide bonds. The second-order valence-corrected chi connectivity index (χ2v) is 13.5. The van der Waals surface area contributed by atoms with Crippen LogP contribution in [0.25, 0.3) is 10.4 Å². The normalized spacial score (nSPS) is 21.7. The molecule has 2 aliphatic rings. The average Bonchev–Trinajstić information content (AvgIpc) is 3.28. The third-order valence-corrected chi connectivity index (χ3v) is 8.87. The summed E-state index contributed by atoms with van der Waals surface area (Å²) >= 11 is 1.59. The summed E-state index contributed by atoms with van der Waals surface area (Å²) < 4.78 is 14.4. The van der Waals surface area contributed by atoms with Crippen LogP contribution in [0, 0.1) is 12.3 Å². The van der Waals surface area contributed by atoms with E-state index in [0.717, 1.165) is 27.3 Å². The van der Waals surface area contributed by atoms with Crippen molar-refractivity contribution in [2.45, 2.75) is 104 Å². The Balaban J connectivity index is 1.53. The number of carbonyl (C=O) groups excluding carboxylic acids is 3. The van der Waals surface area contributed by atoms with E-state index in [2.05, 4.69) is 35.5 Å². The van der Waals surface area contributed by atoms with E-state index in [1.807, 2.05) is 31.5 Å². The molecule has 2 fully saturated rings. The van der Waals surface area contributed by atoms with Gasteiger partial charge in [-0.1, -0.05) is 46.8 Å². The highest BCUT2D eigenvalue weighted by Crippen LogP contribution is 2.40. The van der Waals surface area contributed by atoms with Crippen molar-refractivity contribution in [1.29, 1.82) is 0 Å². The van der Waals surface area contributed by atoms with Gasteiger partial charge in [0.05, 0.1) is 28.2 Å². The van der Waals surface area contributed by atoms with Gasteiger partial charge in [-0.15, -0.1) is 11.3 Å². The fourth-order valence-corrected chi connectivity index (χ4v) is 6.10. The highest BCUT2D eigenvalue weighted by Gasteiger charge is 2.53. The number of hydrogen-bond donors (Lipinski definition) is 3. The zero-order chi connectivity index (χ0) is 29.6. The number of alkyl halides is 1. The highest BCUT2D eigenvalue weighted by molar-refractivity contribution is 7.13. The van der Waals surface area contributed by atoms with Crippen molar-refractivity contribution in [3.05, 3.63) is 40.5 Å². The lowest BCUT2D eigenvalue weighted by Crippen LogP contribution is -2.59. The zero-order valence-corrected chi connectivity index (χ0v) is 25.2. The number of benzene rings is 1. The Morgan fingerprint density at radius 3 is 2.38 bits per heavy atom. The maximum atomic E-state index is 14.4. The van der Waals surface area contributed by atoms with Gasteiger partial charge in [0.25, 0.3) is 5.91 Å². The van der Waals surface area contributed by atoms with Gasteiger partial charge in [0, 0.05) is 13.0 Å². The lowest BCUT2D eigenvalue weighted by atomic mass is 9.85. The third-order valence-electron chi connectivity index (χ3n) is 7.89. The lowest BCUT2D eigenvalue weighted by molar-refractivity contribution is -0.145. The number of thiazole rings is 1. The Morgan fingerprint density at radius 1 is 1.15 bits per heavy atom. The molecule has 0 radical (unpaired) electrons. The maximum Gasteiger partial charge on any atom is 0.258 e. The molecule has 8 nitrogen and oxygen atoms in total. The van der Waals surface area contributed by atoms with Gasteiger partial charge >= 0.3 is 0 Å². The van der Waals surface area contributed by atoms with E-state index in [4.69, 9.17) is 0 Å². The minimum atomic E-state index is -1.93. The van der Waals surface area contributed by atoms with Crippen molar-refractivity contribution < 1.29 is 23.9 Å². The molecule has 0 unspecified atom stereocenters. The molecule has 4 rings (SSSR count). The monoisotopic (exact) mass is 572 g/mol. The zero-order valence-electron chi connectivity index (χ0n) is 24.4. The minimum Gasteiger partial charge on any atom is -0.391 e. The van der Waals surface area contributed by atoms with Gasteiger partial charge in [0.1, 0.15) is 12.1 Å². The summed E-state index contributed by atoms with van der Waals surface area (Å²) in [6.45, 7) is 13.4. The molecule has 1 aromatic carbocycles. The van der Waals surface area contributed by atoms with Crippen molar-refractivity contribution in [3.63, 3.8) is 0 Å². The molecule has 218 valence electrons. The molecule has 10 heteroatoms. The van der Waals surface area contributed by atoms with Gasteiger partial charge in [-0.05, 0) is 60.8 Å². The number of carbonyl (C=O) groups is 3. The third kappa shape index (κ3) is 6.22. The Morgan fingerprint density at radius 2 is 1.82 bits per heavy atom. The van der Waals surface area contributed by atoms with Crippen LogP contribution < -0.4 is 10.6 Å². The lowest BCUT2D eigenvalue weighted by Gasteiger charge is -2.36. The SMILES string of the molecule is Cc1ncsc1-c1ccc([C@H](C)NC(=O)[C@@H]2C[C@@H](O)CN2C(=O)[C@@H](NC(=O)C2(F)CC2)C(C)(C)C)c(C(C)C)c1. The topological polar surface area (TPSA) is 112 Å². The summed E-state index contributed by atoms with van der Waals surface area (Å²) in [4.78, 5) is 46.6. The smallest absolute Gasteiger partial charge is 0.258 e. The Kier molecular flexibility index (Phi) is 8.43. The number of aryl methyl sites for hydroxylation is 1. The minimum absolute atomic E-state index is 0.0331. The second-order valence-electron chi connectivity index (χ2n) is 12.6. The molecular weight excluding hydrogens is 531 g/mol. The predicted octanol–water partition coefficient (Wildman–Crippen LogP) is 4.41. The fourth-order valence-electron chi connectivity index (χ4n) is 5.29. The van der Waals surface area contributed by atoms with Crippen molar-refractivity contribution in [2.75, 3.05) is 6.54 Å². The number of hydrogen-bond acceptors (Lipinski definition) is 6. The molecule has 1 saturated heterocycles. The number of nitrogens with one attached hydrogen (secondary N) is 2. The van der Waals surface area contributed by atoms with Gasteiger partial charge < -0.3 is 20.6 Å². The van der Waals surface area contributed by atoms with Crippen LogP contribution in [-0.2, 0) is 14.4 Å². The number of nitrogens with zero attached hydrogens (tertiary/aromatic N) is 2. The standard InChI is InChI=1S/C30H41FN4O4S/c1-16(2)22-12-19(24-18(4)32-15-40-24)8-9-21(22)17(3)33-26(37)23-13-20(36)14-35(23)27(38)25(29(5,6)7)34-28(39)30(31)10-11-30/h8-9,12,15-17,20,23,25,36H,10-11,13-14H2,1-7H3,(H,33,37)(H,34,39)/t17-,20+,23-,25+/m0/s1. The molecule has 2 aromatic rings. The Hall–Kier alpha value is -2.85. The van der Waals surface area contributed by atoms with Crippen molar-refractivity contribution in [1.82, 2.24) is 20.5 Å². The van der Waals surface area contributed by atoms with E-state index >= 15 is 0 Å². The largest absolute Gasteiger partial charge is 0.391 e. The van der Waals surface area contributed by atoms with Gasteiger partial charge in [-0.3, -0.25) is 14.4 Å². The summed E-state index contributed by atoms with van der Waals surface area (Å²) in [5.41, 5.74) is 3.31. The van der Waals surface area contributed by atoms with Crippen LogP contribution in [-0.4, -0.2) is 63.1 Å². The van der Waals surface area contributed by atoms with Crippen LogP contribution in [0.1, 0.15) is 89.6 Å². The summed E-state index contributed by atoms with van der Waals surface area (Å²) in [6, 6.07) is 3.91. The molecule has 1 aliphatic carbocycles. The predicted molar refractivity (Wildman–Crippen MR) is 154 cm³/mol. The van der Waals surface area contributed by atoms with Crippen molar-refractivity contribution >= 4 is 29.1 Å². The first-order valence-corrected chi connectivity index (χ1v) is 14.8.